The van der Waals surface area contributed by atoms with E-state index in [0.29, 0.717) is 5.92 Å². The van der Waals surface area contributed by atoms with Crippen molar-refractivity contribution in [3.63, 3.8) is 0 Å². The maximum atomic E-state index is 4.65. The molecule has 2 heteroatoms. The lowest BCUT2D eigenvalue weighted by atomic mass is 10.0. The largest absolute Gasteiger partial charge is 0.341 e. The van der Waals surface area contributed by atoms with E-state index in [2.05, 4.69) is 61.1 Å². The molecule has 0 saturated carbocycles. The van der Waals surface area contributed by atoms with E-state index in [-0.39, 0.29) is 0 Å². The van der Waals surface area contributed by atoms with Crippen molar-refractivity contribution in [2.75, 3.05) is 0 Å². The number of aromatic amines is 1. The van der Waals surface area contributed by atoms with Crippen molar-refractivity contribution >= 4 is 21.8 Å². The highest BCUT2D eigenvalue weighted by Gasteiger charge is 2.09. The van der Waals surface area contributed by atoms with Gasteiger partial charge in [-0.2, -0.15) is 0 Å². The fraction of sp³-hybridized carbons (Fsp3) is 0.312. The zero-order chi connectivity index (χ0) is 12.7. The summed E-state index contributed by atoms with van der Waals surface area (Å²) in [6.07, 6.45) is 1.08. The van der Waals surface area contributed by atoms with Crippen molar-refractivity contribution in [2.45, 2.75) is 33.1 Å². The third-order valence-electron chi connectivity index (χ3n) is 3.51. The van der Waals surface area contributed by atoms with Crippen LogP contribution in [0.4, 0.5) is 0 Å². The molecule has 0 unspecified atom stereocenters. The van der Waals surface area contributed by atoms with Crippen molar-refractivity contribution in [3.8, 4) is 0 Å². The Balaban J connectivity index is 2.31. The predicted molar refractivity (Wildman–Crippen MR) is 77.1 cm³/mol. The van der Waals surface area contributed by atoms with Gasteiger partial charge in [-0.1, -0.05) is 45.0 Å². The van der Waals surface area contributed by atoms with Gasteiger partial charge in [0.05, 0.1) is 11.0 Å². The number of benzene rings is 2. The molecule has 0 radical (unpaired) electrons. The number of rotatable bonds is 2. The van der Waals surface area contributed by atoms with Crippen LogP contribution in [-0.4, -0.2) is 9.97 Å². The molecule has 0 saturated heterocycles. The monoisotopic (exact) mass is 238 g/mol. The summed E-state index contributed by atoms with van der Waals surface area (Å²) in [4.78, 5) is 8.11. The number of nitrogens with one attached hydrogen (secondary N) is 1. The molecular weight excluding hydrogens is 220 g/mol. The molecule has 0 atom stereocenters. The smallest absolute Gasteiger partial charge is 0.109 e. The molecule has 1 heterocycles. The molecule has 2 aromatic carbocycles. The minimum absolute atomic E-state index is 0.433. The average Bonchev–Trinajstić information content (AvgIpc) is 2.82. The SMILES string of the molecule is CCc1ccc2c(ccc3nc(C(C)C)[nH]c32)c1. The second kappa shape index (κ2) is 4.13. The van der Waals surface area contributed by atoms with Gasteiger partial charge in [0, 0.05) is 11.3 Å². The van der Waals surface area contributed by atoms with Gasteiger partial charge >= 0.3 is 0 Å². The molecule has 0 aliphatic rings. The van der Waals surface area contributed by atoms with Gasteiger partial charge in [-0.15, -0.1) is 0 Å². The van der Waals surface area contributed by atoms with Crippen molar-refractivity contribution in [1.82, 2.24) is 9.97 Å². The highest BCUT2D eigenvalue weighted by Crippen LogP contribution is 2.26. The first kappa shape index (κ1) is 11.3. The first-order valence-electron chi connectivity index (χ1n) is 6.60. The molecule has 3 aromatic rings. The molecule has 3 rings (SSSR count). The predicted octanol–water partition coefficient (Wildman–Crippen LogP) is 4.40. The lowest BCUT2D eigenvalue weighted by Gasteiger charge is -2.02. The van der Waals surface area contributed by atoms with Crippen molar-refractivity contribution in [1.29, 1.82) is 0 Å². The fourth-order valence-corrected chi connectivity index (χ4v) is 2.37. The van der Waals surface area contributed by atoms with E-state index < -0.39 is 0 Å². The molecule has 1 aromatic heterocycles. The maximum Gasteiger partial charge on any atom is 0.109 e. The van der Waals surface area contributed by atoms with Gasteiger partial charge in [0.25, 0.3) is 0 Å². The van der Waals surface area contributed by atoms with E-state index in [1.807, 2.05) is 0 Å². The zero-order valence-corrected chi connectivity index (χ0v) is 11.1. The van der Waals surface area contributed by atoms with E-state index in [0.717, 1.165) is 17.8 Å². The van der Waals surface area contributed by atoms with Crippen LogP contribution in [0.5, 0.6) is 0 Å². The quantitative estimate of drug-likeness (QED) is 0.704. The number of hydrogen-bond acceptors (Lipinski definition) is 1. The number of fused-ring (bicyclic) bond motifs is 3. The van der Waals surface area contributed by atoms with Gasteiger partial charge in [0.15, 0.2) is 0 Å². The Labute approximate surface area is 107 Å². The molecule has 18 heavy (non-hydrogen) atoms. The lowest BCUT2D eigenvalue weighted by molar-refractivity contribution is 0.799. The van der Waals surface area contributed by atoms with Crippen LogP contribution in [0, 0.1) is 0 Å². The van der Waals surface area contributed by atoms with Crippen molar-refractivity contribution < 1.29 is 0 Å². The third kappa shape index (κ3) is 1.69. The Morgan fingerprint density at radius 2 is 2.00 bits per heavy atom. The number of nitrogens with zero attached hydrogens (tertiary/aromatic N) is 1. The van der Waals surface area contributed by atoms with E-state index in [1.54, 1.807) is 0 Å². The molecule has 2 nitrogen and oxygen atoms in total. The zero-order valence-electron chi connectivity index (χ0n) is 11.1. The second-order valence-corrected chi connectivity index (χ2v) is 5.15. The molecule has 0 aliphatic heterocycles. The number of aromatic nitrogens is 2. The van der Waals surface area contributed by atoms with Gasteiger partial charge < -0.3 is 4.98 Å². The van der Waals surface area contributed by atoms with E-state index in [9.17, 15) is 0 Å². The van der Waals surface area contributed by atoms with Crippen LogP contribution in [0.25, 0.3) is 21.8 Å². The summed E-state index contributed by atoms with van der Waals surface area (Å²) in [7, 11) is 0. The van der Waals surface area contributed by atoms with Crippen LogP contribution in [0.3, 0.4) is 0 Å². The van der Waals surface area contributed by atoms with Crippen molar-refractivity contribution in [2.24, 2.45) is 0 Å². The Bertz CT molecular complexity index is 708. The first-order chi connectivity index (χ1) is 8.69. The van der Waals surface area contributed by atoms with Gasteiger partial charge in [0.1, 0.15) is 5.82 Å². The average molecular weight is 238 g/mol. The highest BCUT2D eigenvalue weighted by atomic mass is 14.9. The Hall–Kier alpha value is -1.83. The summed E-state index contributed by atoms with van der Waals surface area (Å²) in [6, 6.07) is 11.0. The van der Waals surface area contributed by atoms with Gasteiger partial charge in [-0.3, -0.25) is 0 Å². The lowest BCUT2D eigenvalue weighted by Crippen LogP contribution is -1.88. The standard InChI is InChI=1S/C16H18N2/c1-4-11-5-7-13-12(9-11)6-8-14-15(13)18-16(17-14)10(2)3/h5-10H,4H2,1-3H3,(H,17,18). The van der Waals surface area contributed by atoms with E-state index >= 15 is 0 Å². The minimum atomic E-state index is 0.433. The number of H-pyrrole nitrogens is 1. The maximum absolute atomic E-state index is 4.65. The van der Waals surface area contributed by atoms with E-state index in [4.69, 9.17) is 0 Å². The fourth-order valence-electron chi connectivity index (χ4n) is 2.37. The summed E-state index contributed by atoms with van der Waals surface area (Å²) in [5.74, 6) is 1.50. The van der Waals surface area contributed by atoms with Crippen LogP contribution in [0.2, 0.25) is 0 Å². The molecular formula is C16H18N2. The molecule has 1 N–H and O–H groups in total. The topological polar surface area (TPSA) is 28.7 Å². The Kier molecular flexibility index (Phi) is 2.58. The molecule has 0 bridgehead atoms. The van der Waals surface area contributed by atoms with Crippen LogP contribution in [0.1, 0.15) is 38.1 Å². The molecule has 0 spiro atoms. The van der Waals surface area contributed by atoms with Crippen LogP contribution in [0.15, 0.2) is 30.3 Å². The summed E-state index contributed by atoms with van der Waals surface area (Å²) in [5.41, 5.74) is 3.61. The van der Waals surface area contributed by atoms with Crippen LogP contribution < -0.4 is 0 Å². The third-order valence-corrected chi connectivity index (χ3v) is 3.51. The van der Waals surface area contributed by atoms with E-state index in [1.165, 1.54) is 21.9 Å². The number of aryl methyl sites for hydroxylation is 1. The van der Waals surface area contributed by atoms with Crippen LogP contribution in [-0.2, 0) is 6.42 Å². The minimum Gasteiger partial charge on any atom is -0.341 e. The summed E-state index contributed by atoms with van der Waals surface area (Å²) < 4.78 is 0. The Morgan fingerprint density at radius 3 is 2.72 bits per heavy atom. The van der Waals surface area contributed by atoms with Gasteiger partial charge in [-0.05, 0) is 23.4 Å². The molecule has 0 amide bonds. The summed E-state index contributed by atoms with van der Waals surface area (Å²) >= 11 is 0. The Morgan fingerprint density at radius 1 is 1.17 bits per heavy atom. The second-order valence-electron chi connectivity index (χ2n) is 5.15. The van der Waals surface area contributed by atoms with Gasteiger partial charge in [0.2, 0.25) is 0 Å². The number of hydrogen-bond donors (Lipinski definition) is 1. The summed E-state index contributed by atoms with van der Waals surface area (Å²) in [6.45, 7) is 6.51. The highest BCUT2D eigenvalue weighted by molar-refractivity contribution is 6.04. The van der Waals surface area contributed by atoms with Crippen LogP contribution >= 0.6 is 0 Å². The number of imidazole rings is 1. The summed E-state index contributed by atoms with van der Waals surface area (Å²) in [5, 5.41) is 2.56. The molecule has 92 valence electrons. The molecule has 0 fully saturated rings. The normalized spacial score (nSPS) is 11.8. The van der Waals surface area contributed by atoms with Crippen molar-refractivity contribution in [3.05, 3.63) is 41.7 Å². The molecule has 0 aliphatic carbocycles. The van der Waals surface area contributed by atoms with Gasteiger partial charge in [-0.25, -0.2) is 4.98 Å². The first-order valence-corrected chi connectivity index (χ1v) is 6.60.